The van der Waals surface area contributed by atoms with E-state index in [1.165, 1.54) is 90.1 Å². The van der Waals surface area contributed by atoms with Crippen LogP contribution in [0.4, 0.5) is 22.7 Å². The normalized spacial score (nSPS) is 15.8. The van der Waals surface area contributed by atoms with Crippen LogP contribution in [0.3, 0.4) is 0 Å². The Morgan fingerprint density at radius 3 is 2.03 bits per heavy atom. The Hall–Kier alpha value is -6.26. The van der Waals surface area contributed by atoms with E-state index in [0.717, 1.165) is 28.7 Å². The lowest BCUT2D eigenvalue weighted by Gasteiger charge is -2.46. The fraction of sp³-hybridized carbons (Fsp3) is 0.241. The monoisotopic (exact) mass is 806 g/mol. The van der Waals surface area contributed by atoms with Gasteiger partial charge in [-0.3, -0.25) is 0 Å². The highest BCUT2D eigenvalue weighted by molar-refractivity contribution is 6.93. The molecule has 1 aromatic heterocycles. The lowest BCUT2D eigenvalue weighted by Crippen LogP contribution is -2.61. The van der Waals surface area contributed by atoms with E-state index in [4.69, 9.17) is 4.42 Å². The zero-order chi connectivity index (χ0) is 42.7. The predicted molar refractivity (Wildman–Crippen MR) is 264 cm³/mol. The van der Waals surface area contributed by atoms with Crippen LogP contribution in [0.2, 0.25) is 0 Å². The zero-order valence-corrected chi connectivity index (χ0v) is 37.4. The van der Waals surface area contributed by atoms with E-state index in [-0.39, 0.29) is 23.1 Å². The van der Waals surface area contributed by atoms with Gasteiger partial charge in [-0.2, -0.15) is 0 Å². The van der Waals surface area contributed by atoms with E-state index in [9.17, 15) is 0 Å². The quantitative estimate of drug-likeness (QED) is 0.162. The highest BCUT2D eigenvalue weighted by atomic mass is 16.3. The third-order valence-corrected chi connectivity index (χ3v) is 14.4. The van der Waals surface area contributed by atoms with E-state index in [2.05, 4.69) is 217 Å². The largest absolute Gasteiger partial charge is 0.466 e. The molecule has 62 heavy (non-hydrogen) atoms. The Balaban J connectivity index is 1.19. The molecule has 0 fully saturated rings. The van der Waals surface area contributed by atoms with Gasteiger partial charge in [-0.15, -0.1) is 0 Å². The number of rotatable bonds is 5. The molecule has 2 aliphatic heterocycles. The first-order valence-electron chi connectivity index (χ1n) is 22.5. The molecule has 0 saturated carbocycles. The van der Waals surface area contributed by atoms with Crippen molar-refractivity contribution >= 4 is 51.7 Å². The maximum absolute atomic E-state index is 7.28. The predicted octanol–water partition coefficient (Wildman–Crippen LogP) is 14.3. The van der Waals surface area contributed by atoms with Gasteiger partial charge in [0, 0.05) is 34.6 Å². The van der Waals surface area contributed by atoms with E-state index in [0.29, 0.717) is 6.54 Å². The Morgan fingerprint density at radius 2 is 1.29 bits per heavy atom. The van der Waals surface area contributed by atoms with Crippen LogP contribution in [0.5, 0.6) is 0 Å². The minimum atomic E-state index is -0.191. The molecule has 11 rings (SSSR count). The van der Waals surface area contributed by atoms with Crippen LogP contribution < -0.4 is 20.8 Å². The molecule has 0 radical (unpaired) electrons. The highest BCUT2D eigenvalue weighted by Crippen LogP contribution is 2.51. The first kappa shape index (κ1) is 38.7. The molecule has 0 atom stereocenters. The molecule has 0 N–H and O–H groups in total. The lowest BCUT2D eigenvalue weighted by atomic mass is 9.45. The minimum absolute atomic E-state index is 0.0149. The third kappa shape index (κ3) is 6.09. The molecule has 0 unspecified atom stereocenters. The molecule has 7 aromatic carbocycles. The fourth-order valence-electron chi connectivity index (χ4n) is 10.9. The van der Waals surface area contributed by atoms with Gasteiger partial charge in [0.1, 0.15) is 11.2 Å². The number of hydrogen-bond acceptors (Lipinski definition) is 3. The topological polar surface area (TPSA) is 19.6 Å². The van der Waals surface area contributed by atoms with E-state index in [1.54, 1.807) is 0 Å². The van der Waals surface area contributed by atoms with Crippen LogP contribution in [-0.4, -0.2) is 6.85 Å². The summed E-state index contributed by atoms with van der Waals surface area (Å²) in [6.45, 7) is 19.4. The van der Waals surface area contributed by atoms with E-state index in [1.807, 2.05) is 0 Å². The van der Waals surface area contributed by atoms with Gasteiger partial charge in [-0.25, -0.2) is 0 Å². The second-order valence-corrected chi connectivity index (χ2v) is 20.5. The first-order valence-corrected chi connectivity index (χ1v) is 22.5. The molecule has 3 aliphatic rings. The molecule has 306 valence electrons. The number of aryl methyl sites for hydroxylation is 1. The number of fused-ring (bicyclic) bond motifs is 7. The van der Waals surface area contributed by atoms with Gasteiger partial charge in [0.25, 0.3) is 0 Å². The molecule has 0 amide bonds. The van der Waals surface area contributed by atoms with Crippen molar-refractivity contribution in [3.05, 3.63) is 179 Å². The maximum atomic E-state index is 7.28. The summed E-state index contributed by atoms with van der Waals surface area (Å²) in [7, 11) is 0. The van der Waals surface area contributed by atoms with Crippen molar-refractivity contribution in [1.29, 1.82) is 0 Å². The Labute approximate surface area is 368 Å². The van der Waals surface area contributed by atoms with Gasteiger partial charge < -0.3 is 14.1 Å². The Bertz CT molecular complexity index is 3060. The molecular weight excluding hydrogens is 751 g/mol. The number of anilines is 4. The van der Waals surface area contributed by atoms with Crippen molar-refractivity contribution in [3.63, 3.8) is 0 Å². The first-order chi connectivity index (χ1) is 29.8. The highest BCUT2D eigenvalue weighted by Gasteiger charge is 2.49. The van der Waals surface area contributed by atoms with Gasteiger partial charge in [0.2, 0.25) is 0 Å². The van der Waals surface area contributed by atoms with Gasteiger partial charge >= 0.3 is 6.85 Å². The van der Waals surface area contributed by atoms with Crippen molar-refractivity contribution in [3.8, 4) is 33.4 Å². The molecule has 0 bridgehead atoms. The van der Waals surface area contributed by atoms with Crippen molar-refractivity contribution in [2.24, 2.45) is 0 Å². The summed E-state index contributed by atoms with van der Waals surface area (Å²) >= 11 is 0. The summed E-state index contributed by atoms with van der Waals surface area (Å²) in [4.78, 5) is 5.21. The van der Waals surface area contributed by atoms with Crippen molar-refractivity contribution < 1.29 is 4.42 Å². The summed E-state index contributed by atoms with van der Waals surface area (Å²) in [5.41, 5.74) is 22.5. The molecule has 0 spiro atoms. The molecule has 1 aliphatic carbocycles. The summed E-state index contributed by atoms with van der Waals surface area (Å²) in [5, 5.41) is 1.14. The summed E-state index contributed by atoms with van der Waals surface area (Å²) < 4.78 is 7.28. The fourth-order valence-corrected chi connectivity index (χ4v) is 10.9. The second-order valence-electron chi connectivity index (χ2n) is 20.5. The van der Waals surface area contributed by atoms with Crippen molar-refractivity contribution in [1.82, 2.24) is 0 Å². The number of hydrogen-bond donors (Lipinski definition) is 0. The van der Waals surface area contributed by atoms with Crippen LogP contribution >= 0.6 is 0 Å². The van der Waals surface area contributed by atoms with Gasteiger partial charge in [-0.05, 0) is 140 Å². The Kier molecular flexibility index (Phi) is 8.65. The molecular formula is C58H55BN2O. The van der Waals surface area contributed by atoms with Crippen LogP contribution in [0, 0.1) is 6.92 Å². The second kappa shape index (κ2) is 13.9. The van der Waals surface area contributed by atoms with Crippen molar-refractivity contribution in [2.45, 2.75) is 91.0 Å². The SMILES string of the molecule is Cc1cc2c3c(c1)N(Cc1ccc(C(C)(C)C)cc1-c1ccccc1)c1c(oc4ccccc14)B3N(c1ccc3c(c1)C(C)(C)CCC3(C)C)c1ccc(-c3ccccc3)cc1-2. The number of para-hydroxylation sites is 1. The average Bonchev–Trinajstić information content (AvgIpc) is 3.66. The number of furan rings is 1. The van der Waals surface area contributed by atoms with Gasteiger partial charge in [0.05, 0.1) is 5.69 Å². The smallest absolute Gasteiger partial charge is 0.375 e. The van der Waals surface area contributed by atoms with Gasteiger partial charge in [0.15, 0.2) is 0 Å². The standard InChI is InChI=1S/C58H55BN2O/c1-37-31-47-46-33-40(38-17-11-9-12-18-38)24-28-50(46)61(43-26-27-48-49(35-43)58(7,8)30-29-57(48,5)6)59-53(47)51(32-37)60(54-44-21-15-16-22-52(44)62-55(54)59)36-41-23-25-42(56(2,3)4)34-45(41)39-19-13-10-14-20-39/h9-28,31-35H,29-30,36H2,1-8H3. The molecule has 4 heteroatoms. The van der Waals surface area contributed by atoms with Gasteiger partial charge in [-0.1, -0.05) is 158 Å². The third-order valence-electron chi connectivity index (χ3n) is 14.4. The minimum Gasteiger partial charge on any atom is -0.466 e. The maximum Gasteiger partial charge on any atom is 0.375 e. The lowest BCUT2D eigenvalue weighted by molar-refractivity contribution is 0.332. The average molecular weight is 807 g/mol. The number of benzene rings is 7. The Morgan fingerprint density at radius 1 is 0.597 bits per heavy atom. The summed E-state index contributed by atoms with van der Waals surface area (Å²) in [6.07, 6.45) is 2.34. The van der Waals surface area contributed by atoms with Crippen molar-refractivity contribution in [2.75, 3.05) is 9.71 Å². The zero-order valence-electron chi connectivity index (χ0n) is 37.4. The molecule has 0 saturated heterocycles. The van der Waals surface area contributed by atoms with Crippen LogP contribution in [-0.2, 0) is 22.8 Å². The van der Waals surface area contributed by atoms with Crippen LogP contribution in [0.15, 0.2) is 156 Å². The van der Waals surface area contributed by atoms with E-state index >= 15 is 0 Å². The molecule has 3 nitrogen and oxygen atoms in total. The number of nitrogens with zero attached hydrogens (tertiary/aromatic N) is 2. The molecule has 8 aromatic rings. The van der Waals surface area contributed by atoms with Crippen LogP contribution in [0.1, 0.15) is 89.1 Å². The summed E-state index contributed by atoms with van der Waals surface area (Å²) in [5.74, 6) is 0. The van der Waals surface area contributed by atoms with E-state index < -0.39 is 0 Å². The summed E-state index contributed by atoms with van der Waals surface area (Å²) in [6, 6.07) is 56.9. The van der Waals surface area contributed by atoms with Crippen LogP contribution in [0.25, 0.3) is 44.3 Å². The molecule has 3 heterocycles.